The SMILES string of the molecule is CNSc1cccc(Nc2cc(Nc3cccc(NSC)c3)ncn2)c1. The Hall–Kier alpha value is -2.42. The summed E-state index contributed by atoms with van der Waals surface area (Å²) in [6.07, 6.45) is 3.54. The maximum atomic E-state index is 4.30. The molecular weight excluding hydrogens is 364 g/mol. The smallest absolute Gasteiger partial charge is 0.135 e. The number of rotatable bonds is 8. The summed E-state index contributed by atoms with van der Waals surface area (Å²) in [6.45, 7) is 0. The molecule has 26 heavy (non-hydrogen) atoms. The predicted molar refractivity (Wildman–Crippen MR) is 114 cm³/mol. The predicted octanol–water partition coefficient (Wildman–Crippen LogP) is 4.88. The summed E-state index contributed by atoms with van der Waals surface area (Å²) in [5.41, 5.74) is 2.97. The molecule has 0 bridgehead atoms. The average Bonchev–Trinajstić information content (AvgIpc) is 2.63. The molecule has 4 N–H and O–H groups in total. The van der Waals surface area contributed by atoms with Gasteiger partial charge in [-0.1, -0.05) is 24.1 Å². The molecular formula is C18H20N6S2. The van der Waals surface area contributed by atoms with Crippen LogP contribution in [0.1, 0.15) is 0 Å². The lowest BCUT2D eigenvalue weighted by Crippen LogP contribution is -1.99. The van der Waals surface area contributed by atoms with Gasteiger partial charge in [-0.3, -0.25) is 4.72 Å². The maximum Gasteiger partial charge on any atom is 0.135 e. The van der Waals surface area contributed by atoms with Crippen LogP contribution in [0, 0.1) is 0 Å². The molecule has 0 fully saturated rings. The second-order valence-electron chi connectivity index (χ2n) is 5.26. The van der Waals surface area contributed by atoms with Crippen LogP contribution in [0.4, 0.5) is 28.7 Å². The molecule has 0 aliphatic carbocycles. The summed E-state index contributed by atoms with van der Waals surface area (Å²) in [7, 11) is 1.90. The van der Waals surface area contributed by atoms with Gasteiger partial charge in [0, 0.05) is 34.3 Å². The molecule has 3 aromatic rings. The molecule has 8 heteroatoms. The Kier molecular flexibility index (Phi) is 6.59. The van der Waals surface area contributed by atoms with Crippen molar-refractivity contribution in [1.29, 1.82) is 0 Å². The van der Waals surface area contributed by atoms with Crippen LogP contribution in [-0.2, 0) is 0 Å². The highest BCUT2D eigenvalue weighted by atomic mass is 32.2. The maximum absolute atomic E-state index is 4.30. The van der Waals surface area contributed by atoms with Gasteiger partial charge in [-0.15, -0.1) is 0 Å². The third-order valence-electron chi connectivity index (χ3n) is 3.35. The lowest BCUT2D eigenvalue weighted by molar-refractivity contribution is 1.16. The molecule has 2 aromatic carbocycles. The minimum atomic E-state index is 0.726. The summed E-state index contributed by atoms with van der Waals surface area (Å²) in [5.74, 6) is 1.46. The molecule has 0 spiro atoms. The topological polar surface area (TPSA) is 73.9 Å². The van der Waals surface area contributed by atoms with Crippen molar-refractivity contribution < 1.29 is 0 Å². The largest absolute Gasteiger partial charge is 0.340 e. The molecule has 0 radical (unpaired) electrons. The Labute approximate surface area is 161 Å². The Balaban J connectivity index is 1.72. The summed E-state index contributed by atoms with van der Waals surface area (Å²) >= 11 is 3.13. The van der Waals surface area contributed by atoms with E-state index in [0.717, 1.165) is 33.6 Å². The van der Waals surface area contributed by atoms with Gasteiger partial charge in [-0.05, 0) is 55.4 Å². The van der Waals surface area contributed by atoms with Gasteiger partial charge in [-0.2, -0.15) is 0 Å². The van der Waals surface area contributed by atoms with Crippen LogP contribution in [0.15, 0.2) is 65.8 Å². The molecule has 0 atom stereocenters. The van der Waals surface area contributed by atoms with Gasteiger partial charge in [0.25, 0.3) is 0 Å². The van der Waals surface area contributed by atoms with Crippen LogP contribution in [0.25, 0.3) is 0 Å². The highest BCUT2D eigenvalue weighted by molar-refractivity contribution is 7.99. The first-order valence-corrected chi connectivity index (χ1v) is 10.00. The third-order valence-corrected chi connectivity index (χ3v) is 4.48. The molecule has 0 saturated carbocycles. The quantitative estimate of drug-likeness (QED) is 0.410. The van der Waals surface area contributed by atoms with Crippen LogP contribution in [0.5, 0.6) is 0 Å². The molecule has 0 aliphatic rings. The van der Waals surface area contributed by atoms with Crippen molar-refractivity contribution in [1.82, 2.24) is 14.7 Å². The minimum absolute atomic E-state index is 0.726. The Morgan fingerprint density at radius 3 is 2.15 bits per heavy atom. The van der Waals surface area contributed by atoms with E-state index in [-0.39, 0.29) is 0 Å². The molecule has 0 saturated heterocycles. The van der Waals surface area contributed by atoms with Crippen LogP contribution < -0.4 is 20.1 Å². The summed E-state index contributed by atoms with van der Waals surface area (Å²) in [6, 6.07) is 18.1. The molecule has 1 aromatic heterocycles. The van der Waals surface area contributed by atoms with E-state index in [4.69, 9.17) is 0 Å². The minimum Gasteiger partial charge on any atom is -0.340 e. The van der Waals surface area contributed by atoms with Gasteiger partial charge in [0.2, 0.25) is 0 Å². The van der Waals surface area contributed by atoms with E-state index in [1.54, 1.807) is 30.2 Å². The molecule has 0 aliphatic heterocycles. The van der Waals surface area contributed by atoms with E-state index in [2.05, 4.69) is 42.2 Å². The molecule has 0 unspecified atom stereocenters. The normalized spacial score (nSPS) is 10.4. The van der Waals surface area contributed by atoms with Crippen molar-refractivity contribution in [2.24, 2.45) is 0 Å². The Morgan fingerprint density at radius 1 is 0.808 bits per heavy atom. The molecule has 1 heterocycles. The van der Waals surface area contributed by atoms with E-state index >= 15 is 0 Å². The van der Waals surface area contributed by atoms with Crippen LogP contribution in [0.2, 0.25) is 0 Å². The van der Waals surface area contributed by atoms with Crippen molar-refractivity contribution in [2.45, 2.75) is 4.90 Å². The first-order valence-electron chi connectivity index (χ1n) is 7.95. The fourth-order valence-corrected chi connectivity index (χ4v) is 3.25. The van der Waals surface area contributed by atoms with Crippen molar-refractivity contribution in [3.8, 4) is 0 Å². The zero-order valence-corrected chi connectivity index (χ0v) is 16.1. The number of aromatic nitrogens is 2. The number of benzene rings is 2. The van der Waals surface area contributed by atoms with Crippen molar-refractivity contribution in [2.75, 3.05) is 28.7 Å². The zero-order valence-electron chi connectivity index (χ0n) is 14.5. The second-order valence-corrected chi connectivity index (χ2v) is 6.96. The second kappa shape index (κ2) is 9.33. The fourth-order valence-electron chi connectivity index (χ4n) is 2.32. The summed E-state index contributed by atoms with van der Waals surface area (Å²) in [5, 5.41) is 6.62. The fraction of sp³-hybridized carbons (Fsp3) is 0.111. The number of nitrogens with one attached hydrogen (secondary N) is 4. The number of nitrogens with zero attached hydrogens (tertiary/aromatic N) is 2. The molecule has 134 valence electrons. The average molecular weight is 385 g/mol. The van der Waals surface area contributed by atoms with E-state index in [1.807, 2.05) is 55.8 Å². The van der Waals surface area contributed by atoms with Gasteiger partial charge in [0.15, 0.2) is 0 Å². The third kappa shape index (κ3) is 5.29. The lowest BCUT2D eigenvalue weighted by Gasteiger charge is -2.10. The standard InChI is InChI=1S/C18H20N6S2/c1-19-26-16-8-4-6-14(10-16)23-18-11-17(20-12-21-18)22-13-5-3-7-15(9-13)24-25-2/h3-12,19,24H,1-2H3,(H2,20,21,22,23). The first kappa shape index (κ1) is 18.4. The number of hydrogen-bond donors (Lipinski definition) is 4. The van der Waals surface area contributed by atoms with Gasteiger partial charge in [0.1, 0.15) is 18.0 Å². The van der Waals surface area contributed by atoms with E-state index in [1.165, 1.54) is 0 Å². The van der Waals surface area contributed by atoms with Crippen molar-refractivity contribution >= 4 is 52.6 Å². The van der Waals surface area contributed by atoms with Gasteiger partial charge in [-0.25, -0.2) is 9.97 Å². The van der Waals surface area contributed by atoms with Crippen molar-refractivity contribution in [3.05, 3.63) is 60.9 Å². The molecule has 3 rings (SSSR count). The Bertz CT molecular complexity index is 792. The van der Waals surface area contributed by atoms with Gasteiger partial charge >= 0.3 is 0 Å². The van der Waals surface area contributed by atoms with Crippen LogP contribution >= 0.6 is 23.9 Å². The summed E-state index contributed by atoms with van der Waals surface area (Å²) < 4.78 is 6.29. The van der Waals surface area contributed by atoms with E-state index in [9.17, 15) is 0 Å². The highest BCUT2D eigenvalue weighted by Crippen LogP contribution is 2.24. The van der Waals surface area contributed by atoms with E-state index < -0.39 is 0 Å². The first-order chi connectivity index (χ1) is 12.8. The molecule has 0 amide bonds. The number of anilines is 5. The van der Waals surface area contributed by atoms with Gasteiger partial charge < -0.3 is 15.4 Å². The molecule has 6 nitrogen and oxygen atoms in total. The van der Waals surface area contributed by atoms with Crippen LogP contribution in [-0.4, -0.2) is 23.3 Å². The monoisotopic (exact) mass is 384 g/mol. The van der Waals surface area contributed by atoms with E-state index in [0.29, 0.717) is 0 Å². The van der Waals surface area contributed by atoms with Crippen LogP contribution in [0.3, 0.4) is 0 Å². The highest BCUT2D eigenvalue weighted by Gasteiger charge is 2.02. The zero-order chi connectivity index (χ0) is 18.2. The lowest BCUT2D eigenvalue weighted by atomic mass is 10.3. The number of hydrogen-bond acceptors (Lipinski definition) is 8. The van der Waals surface area contributed by atoms with Crippen molar-refractivity contribution in [3.63, 3.8) is 0 Å². The Morgan fingerprint density at radius 2 is 1.46 bits per heavy atom. The summed E-state index contributed by atoms with van der Waals surface area (Å²) in [4.78, 5) is 9.72. The van der Waals surface area contributed by atoms with Gasteiger partial charge in [0.05, 0.1) is 0 Å².